The second kappa shape index (κ2) is 11.7. The molecule has 0 saturated carbocycles. The molecule has 2 rings (SSSR count). The van der Waals surface area contributed by atoms with Crippen molar-refractivity contribution in [3.8, 4) is 0 Å². The van der Waals surface area contributed by atoms with E-state index >= 15 is 0 Å². The molecule has 154 valence electrons. The van der Waals surface area contributed by atoms with E-state index < -0.39 is 23.8 Å². The Bertz CT molecular complexity index is 655. The van der Waals surface area contributed by atoms with E-state index in [1.165, 1.54) is 10.8 Å². The van der Waals surface area contributed by atoms with Crippen molar-refractivity contribution in [2.45, 2.75) is 25.3 Å². The van der Waals surface area contributed by atoms with Gasteiger partial charge < -0.3 is 21.3 Å². The van der Waals surface area contributed by atoms with Crippen molar-refractivity contribution in [3.05, 3.63) is 12.2 Å². The molecule has 0 aromatic heterocycles. The van der Waals surface area contributed by atoms with E-state index in [-0.39, 0.29) is 50.1 Å². The van der Waals surface area contributed by atoms with E-state index in [1.807, 2.05) is 12.2 Å². The second-order valence-electron chi connectivity index (χ2n) is 6.42. The number of nitrogens with one attached hydrogen (secondary N) is 4. The van der Waals surface area contributed by atoms with Gasteiger partial charge in [0.25, 0.3) is 0 Å². The standard InChI is InChI=1S/C17H24N4O5S2/c22-12-5-11-3-1-2-4-27-28-10-13(17(26)20-8-15(24)18-7-12)21-16(25)9-19-14(23)6-11/h1,3,11,13H,2,4-10H2,(H,18,24)(H,19,23)(H,20,26)(H,21,25)/b3-1+. The van der Waals surface area contributed by atoms with Crippen LogP contribution in [0, 0.1) is 5.92 Å². The first kappa shape index (κ1) is 22.3. The van der Waals surface area contributed by atoms with Crippen LogP contribution >= 0.6 is 21.6 Å². The zero-order chi connectivity index (χ0) is 20.4. The molecule has 1 fully saturated rings. The Labute approximate surface area is 171 Å². The minimum Gasteiger partial charge on any atom is -0.347 e. The molecule has 0 aromatic carbocycles. The lowest BCUT2D eigenvalue weighted by Crippen LogP contribution is -2.52. The maximum atomic E-state index is 12.4. The molecular weight excluding hydrogens is 404 g/mol. The predicted octanol–water partition coefficient (Wildman–Crippen LogP) is -0.860. The van der Waals surface area contributed by atoms with Crippen LogP contribution in [0.4, 0.5) is 0 Å². The van der Waals surface area contributed by atoms with E-state index in [0.29, 0.717) is 5.75 Å². The van der Waals surface area contributed by atoms with E-state index in [9.17, 15) is 24.0 Å². The van der Waals surface area contributed by atoms with Gasteiger partial charge in [0.2, 0.25) is 23.6 Å². The highest BCUT2D eigenvalue weighted by atomic mass is 33.1. The number of amides is 4. The summed E-state index contributed by atoms with van der Waals surface area (Å²) in [4.78, 5) is 60.7. The fourth-order valence-corrected chi connectivity index (χ4v) is 4.78. The van der Waals surface area contributed by atoms with E-state index in [2.05, 4.69) is 21.3 Å². The molecule has 4 amide bonds. The van der Waals surface area contributed by atoms with Gasteiger partial charge in [-0.05, 0) is 12.3 Å². The number of ketones is 1. The zero-order valence-corrected chi connectivity index (χ0v) is 17.0. The minimum absolute atomic E-state index is 0.0648. The predicted molar refractivity (Wildman–Crippen MR) is 107 cm³/mol. The monoisotopic (exact) mass is 428 g/mol. The summed E-state index contributed by atoms with van der Waals surface area (Å²) in [6.45, 7) is -0.700. The highest BCUT2D eigenvalue weighted by Gasteiger charge is 2.23. The quantitative estimate of drug-likeness (QED) is 0.291. The average molecular weight is 429 g/mol. The molecule has 4 N–H and O–H groups in total. The Morgan fingerprint density at radius 2 is 1.57 bits per heavy atom. The summed E-state index contributed by atoms with van der Waals surface area (Å²) < 4.78 is 0. The highest BCUT2D eigenvalue weighted by Crippen LogP contribution is 2.23. The van der Waals surface area contributed by atoms with Crippen LogP contribution < -0.4 is 21.3 Å². The molecule has 11 heteroatoms. The van der Waals surface area contributed by atoms with Gasteiger partial charge in [-0.15, -0.1) is 0 Å². The molecule has 2 bridgehead atoms. The molecule has 0 aliphatic carbocycles. The molecule has 0 aromatic rings. The molecule has 28 heavy (non-hydrogen) atoms. The zero-order valence-electron chi connectivity index (χ0n) is 15.3. The van der Waals surface area contributed by atoms with Gasteiger partial charge in [0.15, 0.2) is 5.78 Å². The molecular formula is C17H24N4O5S2. The number of allylic oxidation sites excluding steroid dienone is 2. The van der Waals surface area contributed by atoms with Crippen LogP contribution in [0.25, 0.3) is 0 Å². The van der Waals surface area contributed by atoms with Crippen molar-refractivity contribution in [2.75, 3.05) is 31.1 Å². The Balaban J connectivity index is 2.23. The first-order chi connectivity index (χ1) is 13.4. The first-order valence-corrected chi connectivity index (χ1v) is 11.5. The highest BCUT2D eigenvalue weighted by molar-refractivity contribution is 8.76. The number of hydrogen-bond donors (Lipinski definition) is 4. The lowest BCUT2D eigenvalue weighted by atomic mass is 9.97. The van der Waals surface area contributed by atoms with Gasteiger partial charge in [0.05, 0.1) is 19.6 Å². The summed E-state index contributed by atoms with van der Waals surface area (Å²) in [6, 6.07) is -0.836. The lowest BCUT2D eigenvalue weighted by Gasteiger charge is -2.19. The number of Topliss-reactive ketones (excluding diaryl/α,β-unsaturated/α-hetero) is 1. The Hall–Kier alpha value is -2.01. The molecule has 2 aliphatic heterocycles. The van der Waals surface area contributed by atoms with Gasteiger partial charge in [0.1, 0.15) is 6.04 Å². The van der Waals surface area contributed by atoms with Gasteiger partial charge in [-0.2, -0.15) is 0 Å². The van der Waals surface area contributed by atoms with Crippen molar-refractivity contribution < 1.29 is 24.0 Å². The van der Waals surface area contributed by atoms with Crippen molar-refractivity contribution in [2.24, 2.45) is 5.92 Å². The fourth-order valence-electron chi connectivity index (χ4n) is 2.62. The van der Waals surface area contributed by atoms with Gasteiger partial charge in [0, 0.05) is 24.3 Å². The van der Waals surface area contributed by atoms with Crippen LogP contribution in [0.2, 0.25) is 0 Å². The van der Waals surface area contributed by atoms with Gasteiger partial charge >= 0.3 is 0 Å². The third-order valence-corrected chi connectivity index (χ3v) is 6.48. The van der Waals surface area contributed by atoms with E-state index in [0.717, 1.165) is 12.2 Å². The molecule has 2 heterocycles. The maximum Gasteiger partial charge on any atom is 0.243 e. The van der Waals surface area contributed by atoms with Crippen LogP contribution in [0.15, 0.2) is 12.2 Å². The maximum absolute atomic E-state index is 12.4. The van der Waals surface area contributed by atoms with Crippen LogP contribution in [0.5, 0.6) is 0 Å². The second-order valence-corrected chi connectivity index (χ2v) is 9.05. The normalized spacial score (nSPS) is 27.6. The number of carbonyl (C=O) groups excluding carboxylic acids is 5. The molecule has 2 unspecified atom stereocenters. The van der Waals surface area contributed by atoms with Gasteiger partial charge in [-0.3, -0.25) is 24.0 Å². The first-order valence-electron chi connectivity index (χ1n) is 8.97. The topological polar surface area (TPSA) is 133 Å². The summed E-state index contributed by atoms with van der Waals surface area (Å²) in [5, 5.41) is 10.1. The fraction of sp³-hybridized carbons (Fsp3) is 0.588. The molecule has 2 atom stereocenters. The number of fused-ring (bicyclic) bond motifs is 7. The van der Waals surface area contributed by atoms with Gasteiger partial charge in [-0.1, -0.05) is 33.7 Å². The van der Waals surface area contributed by atoms with E-state index in [4.69, 9.17) is 0 Å². The molecule has 0 spiro atoms. The summed E-state index contributed by atoms with van der Waals surface area (Å²) in [7, 11) is 3.01. The average Bonchev–Trinajstić information content (AvgIpc) is 2.66. The molecule has 9 nitrogen and oxygen atoms in total. The Kier molecular flexibility index (Phi) is 9.35. The summed E-state index contributed by atoms with van der Waals surface area (Å²) in [5.74, 6) is -1.24. The van der Waals surface area contributed by atoms with E-state index in [1.54, 1.807) is 10.8 Å². The van der Waals surface area contributed by atoms with Crippen LogP contribution in [0.3, 0.4) is 0 Å². The number of carbonyl (C=O) groups is 5. The number of hydrogen-bond acceptors (Lipinski definition) is 7. The summed E-state index contributed by atoms with van der Waals surface area (Å²) in [5.41, 5.74) is 0. The van der Waals surface area contributed by atoms with Crippen molar-refractivity contribution in [1.29, 1.82) is 0 Å². The van der Waals surface area contributed by atoms with Crippen molar-refractivity contribution in [1.82, 2.24) is 21.3 Å². The van der Waals surface area contributed by atoms with Crippen molar-refractivity contribution in [3.63, 3.8) is 0 Å². The number of rotatable bonds is 0. The summed E-state index contributed by atoms with van der Waals surface area (Å²) in [6.07, 6.45) is 4.70. The van der Waals surface area contributed by atoms with Gasteiger partial charge in [-0.25, -0.2) is 0 Å². The van der Waals surface area contributed by atoms with Crippen LogP contribution in [0.1, 0.15) is 19.3 Å². The van der Waals surface area contributed by atoms with Crippen LogP contribution in [-0.4, -0.2) is 66.6 Å². The third-order valence-electron chi connectivity index (χ3n) is 4.04. The molecule has 0 radical (unpaired) electrons. The van der Waals surface area contributed by atoms with Crippen molar-refractivity contribution >= 4 is 51.0 Å². The molecule has 1 saturated heterocycles. The summed E-state index contributed by atoms with van der Waals surface area (Å²) >= 11 is 0. The third kappa shape index (κ3) is 8.34. The minimum atomic E-state index is -0.836. The smallest absolute Gasteiger partial charge is 0.243 e. The SMILES string of the molecule is O=C1CNC(=O)CNC(=O)C2CSSCC/C=C/C(C1)CC(=O)NCC(=O)N2. The lowest BCUT2D eigenvalue weighted by molar-refractivity contribution is -0.131. The Morgan fingerprint density at radius 1 is 0.821 bits per heavy atom. The van der Waals surface area contributed by atoms with Crippen LogP contribution in [-0.2, 0) is 24.0 Å². The largest absolute Gasteiger partial charge is 0.347 e. The molecule has 2 aliphatic rings. The Morgan fingerprint density at radius 3 is 2.39 bits per heavy atom.